The summed E-state index contributed by atoms with van der Waals surface area (Å²) >= 11 is 0. The molecule has 0 saturated carbocycles. The van der Waals surface area contributed by atoms with Crippen LogP contribution in [0.2, 0.25) is 0 Å². The third-order valence-electron chi connectivity index (χ3n) is 4.52. The minimum absolute atomic E-state index is 0.0464. The molecule has 0 aliphatic carbocycles. The van der Waals surface area contributed by atoms with Gasteiger partial charge in [-0.3, -0.25) is 0 Å². The Hall–Kier alpha value is -2.04. The smallest absolute Gasteiger partial charge is 0.153 e. The maximum absolute atomic E-state index is 14.2. The minimum Gasteiger partial charge on any atom is -0.370 e. The highest BCUT2D eigenvalue weighted by Gasteiger charge is 2.33. The third kappa shape index (κ3) is 1.91. The molecule has 2 aliphatic heterocycles. The van der Waals surface area contributed by atoms with Gasteiger partial charge in [-0.1, -0.05) is 25.1 Å². The van der Waals surface area contributed by atoms with E-state index in [1.165, 1.54) is 11.6 Å². The van der Waals surface area contributed by atoms with Crippen LogP contribution in [-0.4, -0.2) is 22.9 Å². The second-order valence-electron chi connectivity index (χ2n) is 5.98. The molecule has 0 radical (unpaired) electrons. The Kier molecular flexibility index (Phi) is 2.87. The molecule has 0 bridgehead atoms. The summed E-state index contributed by atoms with van der Waals surface area (Å²) in [6, 6.07) is 7.00. The van der Waals surface area contributed by atoms with Crippen LogP contribution in [0.15, 0.2) is 24.3 Å². The Bertz CT molecular complexity index is 679. The van der Waals surface area contributed by atoms with Gasteiger partial charge in [-0.25, -0.2) is 9.07 Å². The Morgan fingerprint density at radius 3 is 3.00 bits per heavy atom. The van der Waals surface area contributed by atoms with E-state index in [-0.39, 0.29) is 17.8 Å². The lowest BCUT2D eigenvalue weighted by molar-refractivity contribution is 0.361. The molecule has 1 aromatic heterocycles. The first-order valence-corrected chi connectivity index (χ1v) is 7.59. The first-order valence-electron chi connectivity index (χ1n) is 7.59. The van der Waals surface area contributed by atoms with Gasteiger partial charge in [0.15, 0.2) is 5.82 Å². The molecule has 21 heavy (non-hydrogen) atoms. The normalized spacial score (nSPS) is 23.7. The fraction of sp³-hybridized carbons (Fsp3) is 0.438. The number of anilines is 2. The maximum Gasteiger partial charge on any atom is 0.153 e. The number of fused-ring (bicyclic) bond motifs is 3. The highest BCUT2D eigenvalue weighted by atomic mass is 19.1. The van der Waals surface area contributed by atoms with E-state index in [0.717, 1.165) is 43.1 Å². The molecule has 2 atom stereocenters. The molecule has 2 aromatic rings. The molecule has 0 fully saturated rings. The zero-order chi connectivity index (χ0) is 14.4. The lowest BCUT2D eigenvalue weighted by Crippen LogP contribution is -2.32. The van der Waals surface area contributed by atoms with Crippen LogP contribution >= 0.6 is 0 Å². The first-order chi connectivity index (χ1) is 10.3. The lowest BCUT2D eigenvalue weighted by atomic mass is 9.92. The van der Waals surface area contributed by atoms with Gasteiger partial charge in [0, 0.05) is 30.1 Å². The molecule has 1 aromatic carbocycles. The highest BCUT2D eigenvalue weighted by molar-refractivity contribution is 5.62. The molecule has 5 heteroatoms. The number of halogens is 1. The Morgan fingerprint density at radius 2 is 2.14 bits per heavy atom. The van der Waals surface area contributed by atoms with Crippen molar-refractivity contribution in [1.29, 1.82) is 0 Å². The summed E-state index contributed by atoms with van der Waals surface area (Å²) in [4.78, 5) is 0. The van der Waals surface area contributed by atoms with Crippen LogP contribution in [0.5, 0.6) is 0 Å². The predicted molar refractivity (Wildman–Crippen MR) is 81.2 cm³/mol. The van der Waals surface area contributed by atoms with Crippen molar-refractivity contribution in [2.24, 2.45) is 5.92 Å². The van der Waals surface area contributed by atoms with Crippen LogP contribution in [0.25, 0.3) is 0 Å². The molecule has 2 aliphatic rings. The first kappa shape index (κ1) is 12.7. The average molecular weight is 286 g/mol. The van der Waals surface area contributed by atoms with Crippen molar-refractivity contribution in [2.75, 3.05) is 23.7 Å². The summed E-state index contributed by atoms with van der Waals surface area (Å²) in [6.45, 7) is 3.95. The molecule has 3 heterocycles. The summed E-state index contributed by atoms with van der Waals surface area (Å²) in [5.74, 6) is 2.15. The summed E-state index contributed by atoms with van der Waals surface area (Å²) < 4.78 is 16.2. The SMILES string of the molecule is CC1CNc2c3c(nn2C1c1ccccc1F)NCCC3. The second kappa shape index (κ2) is 4.76. The third-order valence-corrected chi connectivity index (χ3v) is 4.52. The van der Waals surface area contributed by atoms with E-state index >= 15 is 0 Å². The van der Waals surface area contributed by atoms with Crippen molar-refractivity contribution in [2.45, 2.75) is 25.8 Å². The van der Waals surface area contributed by atoms with Gasteiger partial charge >= 0.3 is 0 Å². The number of hydrogen-bond donors (Lipinski definition) is 2. The van der Waals surface area contributed by atoms with Crippen molar-refractivity contribution in [3.63, 3.8) is 0 Å². The zero-order valence-corrected chi connectivity index (χ0v) is 12.1. The van der Waals surface area contributed by atoms with E-state index in [1.54, 1.807) is 6.07 Å². The van der Waals surface area contributed by atoms with E-state index in [2.05, 4.69) is 17.6 Å². The fourth-order valence-corrected chi connectivity index (χ4v) is 3.47. The summed E-state index contributed by atoms with van der Waals surface area (Å²) in [6.07, 6.45) is 2.15. The van der Waals surface area contributed by atoms with E-state index in [4.69, 9.17) is 5.10 Å². The van der Waals surface area contributed by atoms with Crippen LogP contribution in [-0.2, 0) is 6.42 Å². The lowest BCUT2D eigenvalue weighted by Gasteiger charge is -2.32. The summed E-state index contributed by atoms with van der Waals surface area (Å²) in [5, 5.41) is 11.6. The number of hydrogen-bond acceptors (Lipinski definition) is 3. The number of aromatic nitrogens is 2. The van der Waals surface area contributed by atoms with Gasteiger partial charge in [0.1, 0.15) is 11.6 Å². The van der Waals surface area contributed by atoms with E-state index in [1.807, 2.05) is 16.8 Å². The molecule has 4 nitrogen and oxygen atoms in total. The largest absolute Gasteiger partial charge is 0.370 e. The van der Waals surface area contributed by atoms with E-state index in [9.17, 15) is 4.39 Å². The molecule has 110 valence electrons. The van der Waals surface area contributed by atoms with Gasteiger partial charge in [-0.05, 0) is 18.9 Å². The number of rotatable bonds is 1. The Morgan fingerprint density at radius 1 is 1.29 bits per heavy atom. The molecule has 0 saturated heterocycles. The second-order valence-corrected chi connectivity index (χ2v) is 5.98. The monoisotopic (exact) mass is 286 g/mol. The molecular formula is C16H19FN4. The van der Waals surface area contributed by atoms with Crippen molar-refractivity contribution >= 4 is 11.6 Å². The molecule has 0 amide bonds. The fourth-order valence-electron chi connectivity index (χ4n) is 3.47. The molecule has 0 spiro atoms. The standard InChI is InChI=1S/C16H19FN4/c1-10-9-19-16-12-6-4-8-18-15(12)20-21(16)14(10)11-5-2-3-7-13(11)17/h2-3,5,7,10,14,19H,4,6,8-9H2,1H3,(H,18,20). The van der Waals surface area contributed by atoms with Crippen molar-refractivity contribution in [3.8, 4) is 0 Å². The van der Waals surface area contributed by atoms with Gasteiger partial charge in [-0.15, -0.1) is 0 Å². The van der Waals surface area contributed by atoms with Crippen LogP contribution in [0, 0.1) is 11.7 Å². The van der Waals surface area contributed by atoms with Crippen molar-refractivity contribution < 1.29 is 4.39 Å². The highest BCUT2D eigenvalue weighted by Crippen LogP contribution is 2.39. The van der Waals surface area contributed by atoms with Crippen molar-refractivity contribution in [3.05, 3.63) is 41.2 Å². The van der Waals surface area contributed by atoms with Crippen LogP contribution in [0.1, 0.15) is 30.5 Å². The minimum atomic E-state index is -0.149. The summed E-state index contributed by atoms with van der Waals surface area (Å²) in [7, 11) is 0. The van der Waals surface area contributed by atoms with Crippen LogP contribution in [0.4, 0.5) is 16.0 Å². The van der Waals surface area contributed by atoms with E-state index < -0.39 is 0 Å². The zero-order valence-electron chi connectivity index (χ0n) is 12.1. The maximum atomic E-state index is 14.2. The number of nitrogens with zero attached hydrogens (tertiary/aromatic N) is 2. The molecule has 4 rings (SSSR count). The molecule has 2 unspecified atom stereocenters. The van der Waals surface area contributed by atoms with Gasteiger partial charge < -0.3 is 10.6 Å². The quantitative estimate of drug-likeness (QED) is 0.846. The Labute approximate surface area is 123 Å². The van der Waals surface area contributed by atoms with Crippen molar-refractivity contribution in [1.82, 2.24) is 9.78 Å². The number of nitrogens with one attached hydrogen (secondary N) is 2. The summed E-state index contributed by atoms with van der Waals surface area (Å²) in [5.41, 5.74) is 1.97. The van der Waals surface area contributed by atoms with E-state index in [0.29, 0.717) is 0 Å². The molecular weight excluding hydrogens is 267 g/mol. The average Bonchev–Trinajstić information content (AvgIpc) is 2.87. The van der Waals surface area contributed by atoms with Gasteiger partial charge in [0.2, 0.25) is 0 Å². The number of benzene rings is 1. The molecule has 2 N–H and O–H groups in total. The van der Waals surface area contributed by atoms with Crippen LogP contribution < -0.4 is 10.6 Å². The Balaban J connectivity index is 1.86. The van der Waals surface area contributed by atoms with Crippen LogP contribution in [0.3, 0.4) is 0 Å². The predicted octanol–water partition coefficient (Wildman–Crippen LogP) is 3.03. The van der Waals surface area contributed by atoms with Gasteiger partial charge in [0.25, 0.3) is 0 Å². The topological polar surface area (TPSA) is 41.9 Å². The van der Waals surface area contributed by atoms with Gasteiger partial charge in [-0.2, -0.15) is 5.10 Å². The van der Waals surface area contributed by atoms with Gasteiger partial charge in [0.05, 0.1) is 6.04 Å².